The van der Waals surface area contributed by atoms with Crippen LogP contribution in [0.4, 0.5) is 0 Å². The van der Waals surface area contributed by atoms with E-state index in [2.05, 4.69) is 55.4 Å². The third-order valence-corrected chi connectivity index (χ3v) is 13.1. The molecule has 13 unspecified atom stereocenters. The van der Waals surface area contributed by atoms with Gasteiger partial charge in [-0.05, 0) is 94.8 Å². The first-order valence-corrected chi connectivity index (χ1v) is 16.7. The molecule has 13 atom stereocenters. The average Bonchev–Trinajstić information content (AvgIpc) is 3.75. The van der Waals surface area contributed by atoms with Crippen LogP contribution in [0.15, 0.2) is 0 Å². The van der Waals surface area contributed by atoms with Gasteiger partial charge in [-0.3, -0.25) is 0 Å². The van der Waals surface area contributed by atoms with Crippen LogP contribution in [0.5, 0.6) is 0 Å². The van der Waals surface area contributed by atoms with Crippen LogP contribution in [0, 0.1) is 35.0 Å². The minimum absolute atomic E-state index is 0.0834. The standard InChI is InChI=1S/C34H58O6/c1-22(9-10-25(4)33(20-38-33)15-12-23(2)31(7)18-36-31)28-29(40-28)30(6,27-17-35-27)14-11-26(5)34(21-39-34)16-13-24(3)32(8)19-37-32/h22-29H,9-21H2,1-8H3. The largest absolute Gasteiger partial charge is 0.372 e. The molecule has 6 rings (SSSR count). The van der Waals surface area contributed by atoms with Crippen LogP contribution in [0.2, 0.25) is 0 Å². The minimum Gasteiger partial charge on any atom is -0.372 e. The highest BCUT2D eigenvalue weighted by molar-refractivity contribution is 5.08. The second-order valence-corrected chi connectivity index (χ2v) is 16.0. The molecule has 0 saturated carbocycles. The van der Waals surface area contributed by atoms with Crippen molar-refractivity contribution in [2.24, 2.45) is 35.0 Å². The Balaban J connectivity index is 0.946. The minimum atomic E-state index is 0.0834. The van der Waals surface area contributed by atoms with Crippen LogP contribution in [0.1, 0.15) is 107 Å². The summed E-state index contributed by atoms with van der Waals surface area (Å²) in [4.78, 5) is 0. The van der Waals surface area contributed by atoms with Crippen molar-refractivity contribution in [3.8, 4) is 0 Å². The number of rotatable bonds is 19. The number of ether oxygens (including phenoxy) is 6. The van der Waals surface area contributed by atoms with Gasteiger partial charge in [-0.25, -0.2) is 0 Å². The van der Waals surface area contributed by atoms with Crippen LogP contribution in [0.25, 0.3) is 0 Å². The summed E-state index contributed by atoms with van der Waals surface area (Å²) in [5.41, 5.74) is 0.534. The van der Waals surface area contributed by atoms with E-state index < -0.39 is 0 Å². The van der Waals surface area contributed by atoms with Crippen LogP contribution < -0.4 is 0 Å². The zero-order valence-electron chi connectivity index (χ0n) is 26.8. The predicted octanol–water partition coefficient (Wildman–Crippen LogP) is 6.58. The summed E-state index contributed by atoms with van der Waals surface area (Å²) in [7, 11) is 0. The first-order chi connectivity index (χ1) is 18.8. The normalized spacial score (nSPS) is 46.0. The molecular formula is C34H58O6. The van der Waals surface area contributed by atoms with Gasteiger partial charge in [0.15, 0.2) is 0 Å². The molecule has 6 nitrogen and oxygen atoms in total. The summed E-state index contributed by atoms with van der Waals surface area (Å²) >= 11 is 0. The molecule has 0 aromatic heterocycles. The molecule has 0 spiro atoms. The lowest BCUT2D eigenvalue weighted by Gasteiger charge is -2.30. The smallest absolute Gasteiger partial charge is 0.0942 e. The van der Waals surface area contributed by atoms with Gasteiger partial charge in [-0.2, -0.15) is 0 Å². The van der Waals surface area contributed by atoms with Crippen molar-refractivity contribution in [3.05, 3.63) is 0 Å². The quantitative estimate of drug-likeness (QED) is 0.166. The highest BCUT2D eigenvalue weighted by Gasteiger charge is 2.61. The van der Waals surface area contributed by atoms with E-state index in [1.54, 1.807) is 0 Å². The van der Waals surface area contributed by atoms with Gasteiger partial charge >= 0.3 is 0 Å². The maximum atomic E-state index is 6.49. The topological polar surface area (TPSA) is 75.2 Å². The molecule has 6 heteroatoms. The van der Waals surface area contributed by atoms with E-state index in [0.717, 1.165) is 52.3 Å². The Morgan fingerprint density at radius 3 is 1.57 bits per heavy atom. The summed E-state index contributed by atoms with van der Waals surface area (Å²) in [5, 5.41) is 0. The van der Waals surface area contributed by atoms with Crippen molar-refractivity contribution in [1.29, 1.82) is 0 Å². The first kappa shape index (κ1) is 29.8. The third kappa shape index (κ3) is 6.06. The molecule has 0 N–H and O–H groups in total. The lowest BCUT2D eigenvalue weighted by atomic mass is 9.72. The number of hydrogen-bond acceptors (Lipinski definition) is 6. The molecule has 6 fully saturated rings. The lowest BCUT2D eigenvalue weighted by molar-refractivity contribution is 0.118. The molecule has 6 aliphatic rings. The van der Waals surface area contributed by atoms with Crippen molar-refractivity contribution in [2.45, 2.75) is 147 Å². The van der Waals surface area contributed by atoms with Crippen LogP contribution >= 0.6 is 0 Å². The SMILES string of the molecule is CC(CCC(C)C1(CCC(C)C2(C)CO2)CO1)C1OC1C(C)(CCC(C)C1(CCC(C)C2(C)CO2)CO1)C1CO1. The monoisotopic (exact) mass is 562 g/mol. The van der Waals surface area contributed by atoms with Crippen LogP contribution in [-0.4, -0.2) is 73.8 Å². The molecule has 6 aliphatic heterocycles. The molecule has 0 radical (unpaired) electrons. The molecule has 0 amide bonds. The fourth-order valence-corrected chi connectivity index (χ4v) is 7.60. The molecule has 0 bridgehead atoms. The van der Waals surface area contributed by atoms with Gasteiger partial charge in [-0.1, -0.05) is 41.5 Å². The van der Waals surface area contributed by atoms with Gasteiger partial charge in [0.1, 0.15) is 0 Å². The Kier molecular flexibility index (Phi) is 7.78. The fraction of sp³-hybridized carbons (Fsp3) is 1.00. The molecule has 0 aliphatic carbocycles. The summed E-state index contributed by atoms with van der Waals surface area (Å²) in [6.07, 6.45) is 10.5. The molecule has 6 heterocycles. The molecular weight excluding hydrogens is 504 g/mol. The Morgan fingerprint density at radius 1 is 0.675 bits per heavy atom. The van der Waals surface area contributed by atoms with Crippen molar-refractivity contribution in [3.63, 3.8) is 0 Å². The van der Waals surface area contributed by atoms with E-state index in [9.17, 15) is 0 Å². The maximum absolute atomic E-state index is 6.49. The predicted molar refractivity (Wildman–Crippen MR) is 155 cm³/mol. The summed E-state index contributed by atoms with van der Waals surface area (Å²) in [6, 6.07) is 0. The lowest BCUT2D eigenvalue weighted by Crippen LogP contribution is -2.35. The zero-order valence-corrected chi connectivity index (χ0v) is 26.8. The first-order valence-electron chi connectivity index (χ1n) is 16.7. The van der Waals surface area contributed by atoms with E-state index in [1.807, 2.05) is 0 Å². The van der Waals surface area contributed by atoms with Gasteiger partial charge in [-0.15, -0.1) is 0 Å². The molecule has 40 heavy (non-hydrogen) atoms. The van der Waals surface area contributed by atoms with Crippen molar-refractivity contribution < 1.29 is 28.4 Å². The molecule has 0 aromatic carbocycles. The van der Waals surface area contributed by atoms with E-state index in [0.29, 0.717) is 47.9 Å². The Labute approximate surface area is 243 Å². The summed E-state index contributed by atoms with van der Waals surface area (Å²) in [6.45, 7) is 23.4. The van der Waals surface area contributed by atoms with E-state index in [4.69, 9.17) is 28.4 Å². The average molecular weight is 563 g/mol. The van der Waals surface area contributed by atoms with E-state index in [-0.39, 0.29) is 27.8 Å². The zero-order chi connectivity index (χ0) is 28.6. The van der Waals surface area contributed by atoms with Gasteiger partial charge < -0.3 is 28.4 Å². The van der Waals surface area contributed by atoms with E-state index >= 15 is 0 Å². The Bertz CT molecular complexity index is 900. The number of epoxide rings is 6. The Morgan fingerprint density at radius 2 is 1.15 bits per heavy atom. The van der Waals surface area contributed by atoms with Crippen molar-refractivity contribution in [2.75, 3.05) is 33.0 Å². The third-order valence-electron chi connectivity index (χ3n) is 13.1. The van der Waals surface area contributed by atoms with E-state index in [1.165, 1.54) is 32.1 Å². The maximum Gasteiger partial charge on any atom is 0.0942 e. The highest BCUT2D eigenvalue weighted by atomic mass is 16.6. The van der Waals surface area contributed by atoms with Crippen molar-refractivity contribution >= 4 is 0 Å². The van der Waals surface area contributed by atoms with Gasteiger partial charge in [0.25, 0.3) is 0 Å². The Hall–Kier alpha value is -0.240. The van der Waals surface area contributed by atoms with Gasteiger partial charge in [0.05, 0.1) is 73.8 Å². The molecule has 230 valence electrons. The fourth-order valence-electron chi connectivity index (χ4n) is 7.60. The van der Waals surface area contributed by atoms with Crippen LogP contribution in [0.3, 0.4) is 0 Å². The van der Waals surface area contributed by atoms with Crippen molar-refractivity contribution in [1.82, 2.24) is 0 Å². The van der Waals surface area contributed by atoms with Gasteiger partial charge in [0.2, 0.25) is 0 Å². The number of hydrogen-bond donors (Lipinski definition) is 0. The van der Waals surface area contributed by atoms with Crippen LogP contribution in [-0.2, 0) is 28.4 Å². The second-order valence-electron chi connectivity index (χ2n) is 16.0. The molecule has 0 aromatic rings. The summed E-state index contributed by atoms with van der Waals surface area (Å²) < 4.78 is 36.0. The van der Waals surface area contributed by atoms with Gasteiger partial charge in [0, 0.05) is 5.41 Å². The summed E-state index contributed by atoms with van der Waals surface area (Å²) in [5.74, 6) is 2.94. The highest BCUT2D eigenvalue weighted by Crippen LogP contribution is 2.54. The second kappa shape index (κ2) is 10.4. The molecule has 6 saturated heterocycles.